The summed E-state index contributed by atoms with van der Waals surface area (Å²) in [6, 6.07) is 8.01. The molecule has 1 aromatic carbocycles. The summed E-state index contributed by atoms with van der Waals surface area (Å²) in [6.07, 6.45) is 0.501. The van der Waals surface area contributed by atoms with Gasteiger partial charge in [0.1, 0.15) is 0 Å². The number of aromatic nitrogens is 1. The third kappa shape index (κ3) is 3.22. The van der Waals surface area contributed by atoms with E-state index < -0.39 is 0 Å². The maximum atomic E-state index is 11.8. The molecule has 0 bridgehead atoms. The Morgan fingerprint density at radius 1 is 1.32 bits per heavy atom. The first-order chi connectivity index (χ1) is 9.15. The zero-order valence-corrected chi connectivity index (χ0v) is 13.3. The predicted octanol–water partition coefficient (Wildman–Crippen LogP) is 4.34. The number of benzene rings is 1. The molecule has 1 heterocycles. The van der Waals surface area contributed by atoms with Gasteiger partial charge in [0.15, 0.2) is 5.13 Å². The van der Waals surface area contributed by atoms with Crippen LogP contribution in [0.2, 0.25) is 0 Å². The molecule has 0 aliphatic carbocycles. The lowest BCUT2D eigenvalue weighted by molar-refractivity contribution is -0.118. The van der Waals surface area contributed by atoms with E-state index in [9.17, 15) is 4.79 Å². The molecule has 0 aliphatic rings. The molecule has 0 saturated heterocycles. The van der Waals surface area contributed by atoms with Crippen LogP contribution in [0.5, 0.6) is 0 Å². The lowest BCUT2D eigenvalue weighted by atomic mass is 10.2. The van der Waals surface area contributed by atoms with Crippen molar-refractivity contribution in [2.45, 2.75) is 20.3 Å². The molecule has 19 heavy (non-hydrogen) atoms. The Kier molecular flexibility index (Phi) is 4.71. The lowest BCUT2D eigenvalue weighted by Gasteiger charge is -2.16. The Labute approximate surface area is 125 Å². The fourth-order valence-electron chi connectivity index (χ4n) is 1.75. The van der Waals surface area contributed by atoms with Crippen LogP contribution in [0.1, 0.15) is 20.3 Å². The summed E-state index contributed by atoms with van der Waals surface area (Å²) < 4.78 is 1.04. The summed E-state index contributed by atoms with van der Waals surface area (Å²) in [5, 5.41) is 2.76. The number of halogens is 1. The SMILES string of the molecule is CCC(=O)N(CC)c1nc(-c2ccc(Br)cc2)cs1. The number of carbonyl (C=O) groups excluding carboxylic acids is 1. The third-order valence-electron chi connectivity index (χ3n) is 2.78. The normalized spacial score (nSPS) is 10.5. The van der Waals surface area contributed by atoms with Crippen LogP contribution in [-0.4, -0.2) is 17.4 Å². The molecule has 0 radical (unpaired) electrons. The Morgan fingerprint density at radius 3 is 2.58 bits per heavy atom. The number of amides is 1. The van der Waals surface area contributed by atoms with Gasteiger partial charge >= 0.3 is 0 Å². The summed E-state index contributed by atoms with van der Waals surface area (Å²) in [5.74, 6) is 0.110. The highest BCUT2D eigenvalue weighted by Crippen LogP contribution is 2.28. The molecule has 1 aromatic heterocycles. The molecule has 0 unspecified atom stereocenters. The van der Waals surface area contributed by atoms with Crippen LogP contribution in [0.4, 0.5) is 5.13 Å². The highest BCUT2D eigenvalue weighted by molar-refractivity contribution is 9.10. The first kappa shape index (κ1) is 14.2. The van der Waals surface area contributed by atoms with Crippen molar-refractivity contribution in [2.24, 2.45) is 0 Å². The number of rotatable bonds is 4. The highest BCUT2D eigenvalue weighted by Gasteiger charge is 2.15. The molecule has 3 nitrogen and oxygen atoms in total. The van der Waals surface area contributed by atoms with Crippen molar-refractivity contribution in [1.29, 1.82) is 0 Å². The molecule has 1 amide bonds. The maximum absolute atomic E-state index is 11.8. The Balaban J connectivity index is 2.27. The number of hydrogen-bond acceptors (Lipinski definition) is 3. The van der Waals surface area contributed by atoms with E-state index in [0.717, 1.165) is 20.9 Å². The van der Waals surface area contributed by atoms with Crippen molar-refractivity contribution >= 4 is 38.3 Å². The van der Waals surface area contributed by atoms with E-state index in [2.05, 4.69) is 20.9 Å². The largest absolute Gasteiger partial charge is 0.288 e. The zero-order valence-electron chi connectivity index (χ0n) is 10.9. The van der Waals surface area contributed by atoms with Gasteiger partial charge in [-0.05, 0) is 19.1 Å². The zero-order chi connectivity index (χ0) is 13.8. The predicted molar refractivity (Wildman–Crippen MR) is 83.6 cm³/mol. The minimum Gasteiger partial charge on any atom is -0.288 e. The topological polar surface area (TPSA) is 33.2 Å². The number of thiazole rings is 1. The van der Waals surface area contributed by atoms with Crippen LogP contribution in [0.15, 0.2) is 34.1 Å². The Bertz CT molecular complexity index is 565. The van der Waals surface area contributed by atoms with Crippen molar-refractivity contribution in [3.63, 3.8) is 0 Å². The van der Waals surface area contributed by atoms with Gasteiger partial charge in [-0.2, -0.15) is 0 Å². The Morgan fingerprint density at radius 2 is 2.00 bits per heavy atom. The van der Waals surface area contributed by atoms with Crippen molar-refractivity contribution in [2.75, 3.05) is 11.4 Å². The second kappa shape index (κ2) is 6.30. The summed E-state index contributed by atoms with van der Waals surface area (Å²) >= 11 is 4.92. The molecular weight excluding hydrogens is 324 g/mol. The maximum Gasteiger partial charge on any atom is 0.228 e. The van der Waals surface area contributed by atoms with Gasteiger partial charge in [0.2, 0.25) is 5.91 Å². The molecule has 100 valence electrons. The monoisotopic (exact) mass is 338 g/mol. The van der Waals surface area contributed by atoms with Crippen LogP contribution in [-0.2, 0) is 4.79 Å². The van der Waals surface area contributed by atoms with Crippen LogP contribution in [0.25, 0.3) is 11.3 Å². The van der Waals surface area contributed by atoms with E-state index in [-0.39, 0.29) is 5.91 Å². The first-order valence-corrected chi connectivity index (χ1v) is 7.84. The second-order valence-corrected chi connectivity index (χ2v) is 5.77. The number of hydrogen-bond donors (Lipinski definition) is 0. The van der Waals surface area contributed by atoms with E-state index in [1.165, 1.54) is 11.3 Å². The van der Waals surface area contributed by atoms with Gasteiger partial charge < -0.3 is 0 Å². The molecule has 5 heteroatoms. The van der Waals surface area contributed by atoms with Gasteiger partial charge in [0.05, 0.1) is 5.69 Å². The summed E-state index contributed by atoms with van der Waals surface area (Å²) in [4.78, 5) is 18.1. The summed E-state index contributed by atoms with van der Waals surface area (Å²) in [6.45, 7) is 4.49. The van der Waals surface area contributed by atoms with E-state index in [1.807, 2.05) is 43.5 Å². The average molecular weight is 339 g/mol. The van der Waals surface area contributed by atoms with E-state index in [4.69, 9.17) is 0 Å². The minimum absolute atomic E-state index is 0.110. The van der Waals surface area contributed by atoms with E-state index in [1.54, 1.807) is 4.90 Å². The molecule has 0 spiro atoms. The van der Waals surface area contributed by atoms with Crippen LogP contribution >= 0.6 is 27.3 Å². The summed E-state index contributed by atoms with van der Waals surface area (Å²) in [7, 11) is 0. The minimum atomic E-state index is 0.110. The molecule has 0 N–H and O–H groups in total. The standard InChI is InChI=1S/C14H15BrN2OS/c1-3-13(18)17(4-2)14-16-12(9-19-14)10-5-7-11(15)8-6-10/h5-9H,3-4H2,1-2H3. The lowest BCUT2D eigenvalue weighted by Crippen LogP contribution is -2.29. The second-order valence-electron chi connectivity index (χ2n) is 4.01. The fraction of sp³-hybridized carbons (Fsp3) is 0.286. The molecule has 2 rings (SSSR count). The molecule has 0 atom stereocenters. The fourth-order valence-corrected chi connectivity index (χ4v) is 2.93. The van der Waals surface area contributed by atoms with E-state index >= 15 is 0 Å². The smallest absolute Gasteiger partial charge is 0.228 e. The van der Waals surface area contributed by atoms with Crippen molar-refractivity contribution in [3.05, 3.63) is 34.1 Å². The van der Waals surface area contributed by atoms with Crippen molar-refractivity contribution in [3.8, 4) is 11.3 Å². The van der Waals surface area contributed by atoms with Gasteiger partial charge in [-0.1, -0.05) is 35.0 Å². The third-order valence-corrected chi connectivity index (χ3v) is 4.17. The van der Waals surface area contributed by atoms with Gasteiger partial charge in [0, 0.05) is 28.4 Å². The first-order valence-electron chi connectivity index (χ1n) is 6.17. The van der Waals surface area contributed by atoms with Crippen molar-refractivity contribution < 1.29 is 4.79 Å². The molecule has 0 aliphatic heterocycles. The van der Waals surface area contributed by atoms with Crippen LogP contribution < -0.4 is 4.90 Å². The van der Waals surface area contributed by atoms with Crippen LogP contribution in [0, 0.1) is 0 Å². The van der Waals surface area contributed by atoms with E-state index in [0.29, 0.717) is 13.0 Å². The molecular formula is C14H15BrN2OS. The number of anilines is 1. The van der Waals surface area contributed by atoms with Gasteiger partial charge in [-0.25, -0.2) is 4.98 Å². The molecule has 0 fully saturated rings. The van der Waals surface area contributed by atoms with Gasteiger partial charge in [-0.3, -0.25) is 9.69 Å². The Hall–Kier alpha value is -1.20. The van der Waals surface area contributed by atoms with Gasteiger partial charge in [-0.15, -0.1) is 11.3 Å². The highest BCUT2D eigenvalue weighted by atomic mass is 79.9. The van der Waals surface area contributed by atoms with Crippen molar-refractivity contribution in [1.82, 2.24) is 4.98 Å². The number of nitrogens with zero attached hydrogens (tertiary/aromatic N) is 2. The average Bonchev–Trinajstić information content (AvgIpc) is 2.89. The number of carbonyl (C=O) groups is 1. The van der Waals surface area contributed by atoms with Crippen LogP contribution in [0.3, 0.4) is 0 Å². The summed E-state index contributed by atoms with van der Waals surface area (Å²) in [5.41, 5.74) is 1.97. The molecule has 0 saturated carbocycles. The quantitative estimate of drug-likeness (QED) is 0.830. The molecule has 2 aromatic rings. The van der Waals surface area contributed by atoms with Gasteiger partial charge in [0.25, 0.3) is 0 Å².